The summed E-state index contributed by atoms with van der Waals surface area (Å²) in [5.74, 6) is 0. The van der Waals surface area contributed by atoms with Gasteiger partial charge in [-0.25, -0.2) is 0 Å². The van der Waals surface area contributed by atoms with Crippen LogP contribution < -0.4 is 5.32 Å². The van der Waals surface area contributed by atoms with Gasteiger partial charge in [0.1, 0.15) is 0 Å². The number of alkyl halides is 3. The highest BCUT2D eigenvalue weighted by molar-refractivity contribution is 5.53. The summed E-state index contributed by atoms with van der Waals surface area (Å²) in [4.78, 5) is 3.89. The van der Waals surface area contributed by atoms with Crippen molar-refractivity contribution in [2.75, 3.05) is 11.9 Å². The van der Waals surface area contributed by atoms with E-state index in [-0.39, 0.29) is 5.56 Å². The number of nitrogens with one attached hydrogen (secondary N) is 1. The van der Waals surface area contributed by atoms with Crippen LogP contribution in [0.4, 0.5) is 18.9 Å². The van der Waals surface area contributed by atoms with Crippen molar-refractivity contribution in [2.24, 2.45) is 0 Å². The highest BCUT2D eigenvalue weighted by Gasteiger charge is 2.33. The number of nitrogens with zero attached hydrogens (tertiary/aromatic N) is 2. The Morgan fingerprint density at radius 2 is 1.86 bits per heavy atom. The van der Waals surface area contributed by atoms with E-state index in [1.807, 2.05) is 12.1 Å². The summed E-state index contributed by atoms with van der Waals surface area (Å²) >= 11 is 0. The molecule has 3 nitrogen and oxygen atoms in total. The minimum absolute atomic E-state index is 0.343. The van der Waals surface area contributed by atoms with Crippen LogP contribution in [0.2, 0.25) is 0 Å². The SMILES string of the molecule is N#Cc1ccc(NCCc2ccncc2)cc1C(F)(F)F. The van der Waals surface area contributed by atoms with Gasteiger partial charge in [0.15, 0.2) is 0 Å². The van der Waals surface area contributed by atoms with Crippen LogP contribution in [0.1, 0.15) is 16.7 Å². The molecule has 2 rings (SSSR count). The van der Waals surface area contributed by atoms with Gasteiger partial charge >= 0.3 is 6.18 Å². The second-order valence-electron chi connectivity index (χ2n) is 4.40. The Kier molecular flexibility index (Phi) is 4.43. The summed E-state index contributed by atoms with van der Waals surface area (Å²) in [6.07, 6.45) is -0.532. The van der Waals surface area contributed by atoms with E-state index in [0.717, 1.165) is 11.6 Å². The van der Waals surface area contributed by atoms with E-state index in [1.165, 1.54) is 12.1 Å². The molecule has 0 amide bonds. The Hall–Kier alpha value is -2.55. The normalized spacial score (nSPS) is 11.0. The fourth-order valence-corrected chi connectivity index (χ4v) is 1.89. The molecule has 0 saturated heterocycles. The Labute approximate surface area is 120 Å². The van der Waals surface area contributed by atoms with Crippen molar-refractivity contribution >= 4 is 5.69 Å². The van der Waals surface area contributed by atoms with Gasteiger partial charge in [0.25, 0.3) is 0 Å². The number of hydrogen-bond donors (Lipinski definition) is 1. The summed E-state index contributed by atoms with van der Waals surface area (Å²) in [6, 6.07) is 8.87. The van der Waals surface area contributed by atoms with Crippen LogP contribution in [0, 0.1) is 11.3 Å². The van der Waals surface area contributed by atoms with E-state index in [9.17, 15) is 13.2 Å². The maximum absolute atomic E-state index is 12.8. The molecule has 0 aliphatic heterocycles. The Balaban J connectivity index is 2.06. The quantitative estimate of drug-likeness (QED) is 0.935. The van der Waals surface area contributed by atoms with E-state index >= 15 is 0 Å². The number of rotatable bonds is 4. The number of benzene rings is 1. The molecule has 1 aromatic heterocycles. The van der Waals surface area contributed by atoms with Crippen LogP contribution >= 0.6 is 0 Å². The maximum Gasteiger partial charge on any atom is 0.417 e. The van der Waals surface area contributed by atoms with Crippen molar-refractivity contribution in [1.29, 1.82) is 5.26 Å². The minimum atomic E-state index is -4.53. The fraction of sp³-hybridized carbons (Fsp3) is 0.200. The molecule has 2 aromatic rings. The number of halogens is 3. The first-order valence-corrected chi connectivity index (χ1v) is 6.25. The Morgan fingerprint density at radius 3 is 2.48 bits per heavy atom. The van der Waals surface area contributed by atoms with Gasteiger partial charge in [-0.05, 0) is 42.3 Å². The lowest BCUT2D eigenvalue weighted by Crippen LogP contribution is -2.10. The van der Waals surface area contributed by atoms with Gasteiger partial charge < -0.3 is 5.32 Å². The zero-order valence-corrected chi connectivity index (χ0v) is 11.0. The third kappa shape index (κ3) is 3.96. The molecule has 0 fully saturated rings. The smallest absolute Gasteiger partial charge is 0.385 e. The molecule has 108 valence electrons. The Morgan fingerprint density at radius 1 is 1.14 bits per heavy atom. The second kappa shape index (κ2) is 6.27. The third-order valence-electron chi connectivity index (χ3n) is 2.94. The van der Waals surface area contributed by atoms with Gasteiger partial charge in [-0.2, -0.15) is 18.4 Å². The predicted octanol–water partition coefficient (Wildman–Crippen LogP) is 3.63. The number of pyridine rings is 1. The second-order valence-corrected chi connectivity index (χ2v) is 4.40. The molecule has 0 radical (unpaired) electrons. The molecule has 0 atom stereocenters. The first kappa shape index (κ1) is 14.9. The molecular weight excluding hydrogens is 279 g/mol. The average molecular weight is 291 g/mol. The summed E-state index contributed by atoms with van der Waals surface area (Å²) < 4.78 is 38.5. The maximum atomic E-state index is 12.8. The van der Waals surface area contributed by atoms with Crippen LogP contribution in [-0.2, 0) is 12.6 Å². The van der Waals surface area contributed by atoms with E-state index in [1.54, 1.807) is 18.5 Å². The molecule has 0 saturated carbocycles. The van der Waals surface area contributed by atoms with Gasteiger partial charge in [-0.15, -0.1) is 0 Å². The standard InChI is InChI=1S/C15H12F3N3/c16-15(17,18)14-9-13(2-1-12(14)10-19)21-8-5-11-3-6-20-7-4-11/h1-4,6-7,9,21H,5,8H2. The van der Waals surface area contributed by atoms with Crippen molar-refractivity contribution in [3.05, 3.63) is 59.4 Å². The molecule has 1 aromatic carbocycles. The van der Waals surface area contributed by atoms with Gasteiger partial charge in [0.2, 0.25) is 0 Å². The van der Waals surface area contributed by atoms with Gasteiger partial charge in [0, 0.05) is 24.6 Å². The lowest BCUT2D eigenvalue weighted by Gasteiger charge is -2.12. The van der Waals surface area contributed by atoms with Crippen LogP contribution in [0.3, 0.4) is 0 Å². The predicted molar refractivity (Wildman–Crippen MR) is 72.6 cm³/mol. The van der Waals surface area contributed by atoms with E-state index < -0.39 is 11.7 Å². The topological polar surface area (TPSA) is 48.7 Å². The fourth-order valence-electron chi connectivity index (χ4n) is 1.89. The highest BCUT2D eigenvalue weighted by atomic mass is 19.4. The highest BCUT2D eigenvalue weighted by Crippen LogP contribution is 2.33. The van der Waals surface area contributed by atoms with Crippen LogP contribution in [0.25, 0.3) is 0 Å². The summed E-state index contributed by atoms with van der Waals surface area (Å²) in [5, 5.41) is 11.6. The molecule has 0 aliphatic rings. The van der Waals surface area contributed by atoms with Crippen molar-refractivity contribution in [2.45, 2.75) is 12.6 Å². The average Bonchev–Trinajstić information content (AvgIpc) is 2.47. The molecule has 21 heavy (non-hydrogen) atoms. The molecule has 6 heteroatoms. The van der Waals surface area contributed by atoms with Crippen molar-refractivity contribution < 1.29 is 13.2 Å². The van der Waals surface area contributed by atoms with Gasteiger partial charge in [-0.1, -0.05) is 0 Å². The molecule has 0 spiro atoms. The monoisotopic (exact) mass is 291 g/mol. The van der Waals surface area contributed by atoms with E-state index in [4.69, 9.17) is 5.26 Å². The van der Waals surface area contributed by atoms with Gasteiger partial charge in [0.05, 0.1) is 17.2 Å². The largest absolute Gasteiger partial charge is 0.417 e. The molecule has 1 heterocycles. The zero-order valence-electron chi connectivity index (χ0n) is 11.0. The Bertz CT molecular complexity index is 645. The number of hydrogen-bond acceptors (Lipinski definition) is 3. The first-order chi connectivity index (χ1) is 10.0. The van der Waals surface area contributed by atoms with E-state index in [0.29, 0.717) is 18.7 Å². The number of aromatic nitrogens is 1. The van der Waals surface area contributed by atoms with E-state index in [2.05, 4.69) is 10.3 Å². The molecule has 0 aliphatic carbocycles. The number of nitriles is 1. The lowest BCUT2D eigenvalue weighted by atomic mass is 10.1. The molecular formula is C15H12F3N3. The first-order valence-electron chi connectivity index (χ1n) is 6.25. The molecule has 1 N–H and O–H groups in total. The van der Waals surface area contributed by atoms with Crippen molar-refractivity contribution in [1.82, 2.24) is 4.98 Å². The van der Waals surface area contributed by atoms with Crippen LogP contribution in [0.15, 0.2) is 42.7 Å². The third-order valence-corrected chi connectivity index (χ3v) is 2.94. The number of anilines is 1. The summed E-state index contributed by atoms with van der Waals surface area (Å²) in [7, 11) is 0. The molecule has 0 bridgehead atoms. The lowest BCUT2D eigenvalue weighted by molar-refractivity contribution is -0.137. The van der Waals surface area contributed by atoms with Crippen molar-refractivity contribution in [3.63, 3.8) is 0 Å². The minimum Gasteiger partial charge on any atom is -0.385 e. The summed E-state index contributed by atoms with van der Waals surface area (Å²) in [5.41, 5.74) is 0.0960. The zero-order chi connectivity index (χ0) is 15.3. The summed E-state index contributed by atoms with van der Waals surface area (Å²) in [6.45, 7) is 0.493. The van der Waals surface area contributed by atoms with Crippen LogP contribution in [0.5, 0.6) is 0 Å². The van der Waals surface area contributed by atoms with Crippen LogP contribution in [-0.4, -0.2) is 11.5 Å². The van der Waals surface area contributed by atoms with Crippen molar-refractivity contribution in [3.8, 4) is 6.07 Å². The van der Waals surface area contributed by atoms with Gasteiger partial charge in [-0.3, -0.25) is 4.98 Å². The molecule has 0 unspecified atom stereocenters.